The maximum atomic E-state index is 13.9. The Morgan fingerprint density at radius 3 is 2.89 bits per heavy atom. The van der Waals surface area contributed by atoms with Gasteiger partial charge in [0.25, 0.3) is 5.91 Å². The van der Waals surface area contributed by atoms with Crippen molar-refractivity contribution in [2.75, 3.05) is 5.32 Å². The van der Waals surface area contributed by atoms with Gasteiger partial charge in [-0.2, -0.15) is 0 Å². The van der Waals surface area contributed by atoms with Crippen LogP contribution in [-0.4, -0.2) is 15.3 Å². The molecule has 0 atom stereocenters. The SMILES string of the molecule is Cc1ccc(F)c(NC(=O)c2cccc(OCc3cn4ccccc4n3)c2)c1. The molecule has 2 aromatic heterocycles. The summed E-state index contributed by atoms with van der Waals surface area (Å²) in [5.74, 6) is -0.338. The van der Waals surface area contributed by atoms with E-state index in [9.17, 15) is 9.18 Å². The fourth-order valence-electron chi connectivity index (χ4n) is 2.87. The van der Waals surface area contributed by atoms with Crippen molar-refractivity contribution in [3.8, 4) is 5.75 Å². The largest absolute Gasteiger partial charge is 0.487 e. The van der Waals surface area contributed by atoms with Gasteiger partial charge in [0.2, 0.25) is 0 Å². The van der Waals surface area contributed by atoms with Gasteiger partial charge in [0, 0.05) is 18.0 Å². The quantitative estimate of drug-likeness (QED) is 0.554. The molecule has 0 unspecified atom stereocenters. The fourth-order valence-corrected chi connectivity index (χ4v) is 2.87. The number of nitrogens with zero attached hydrogens (tertiary/aromatic N) is 2. The number of ether oxygens (including phenoxy) is 1. The molecular formula is C22H18FN3O2. The van der Waals surface area contributed by atoms with Crippen LogP contribution in [0.2, 0.25) is 0 Å². The Kier molecular flexibility index (Phi) is 4.76. The lowest BCUT2D eigenvalue weighted by molar-refractivity contribution is 0.102. The molecule has 28 heavy (non-hydrogen) atoms. The highest BCUT2D eigenvalue weighted by Crippen LogP contribution is 2.19. The van der Waals surface area contributed by atoms with Crippen molar-refractivity contribution in [3.05, 3.63) is 95.7 Å². The van der Waals surface area contributed by atoms with Crippen molar-refractivity contribution >= 4 is 17.2 Å². The van der Waals surface area contributed by atoms with E-state index in [4.69, 9.17) is 4.74 Å². The summed E-state index contributed by atoms with van der Waals surface area (Å²) in [6, 6.07) is 17.1. The van der Waals surface area contributed by atoms with Crippen LogP contribution in [0.15, 0.2) is 73.1 Å². The number of pyridine rings is 1. The molecule has 0 bridgehead atoms. The van der Waals surface area contributed by atoms with Gasteiger partial charge in [0.05, 0.1) is 11.4 Å². The number of rotatable bonds is 5. The number of imidazole rings is 1. The van der Waals surface area contributed by atoms with E-state index in [2.05, 4.69) is 10.3 Å². The Morgan fingerprint density at radius 2 is 2.04 bits per heavy atom. The summed E-state index contributed by atoms with van der Waals surface area (Å²) in [4.78, 5) is 16.9. The van der Waals surface area contributed by atoms with Crippen LogP contribution in [0.3, 0.4) is 0 Å². The first-order valence-electron chi connectivity index (χ1n) is 8.81. The zero-order valence-electron chi connectivity index (χ0n) is 15.2. The maximum absolute atomic E-state index is 13.9. The van der Waals surface area contributed by atoms with Crippen molar-refractivity contribution in [3.63, 3.8) is 0 Å². The number of anilines is 1. The highest BCUT2D eigenvalue weighted by atomic mass is 19.1. The van der Waals surface area contributed by atoms with E-state index in [0.29, 0.717) is 11.3 Å². The minimum atomic E-state index is -0.474. The summed E-state index contributed by atoms with van der Waals surface area (Å²) in [6.45, 7) is 2.11. The Balaban J connectivity index is 1.46. The molecule has 5 nitrogen and oxygen atoms in total. The van der Waals surface area contributed by atoms with Crippen LogP contribution in [0, 0.1) is 12.7 Å². The number of aryl methyl sites for hydroxylation is 1. The number of halogens is 1. The molecule has 0 aliphatic carbocycles. The molecule has 4 rings (SSSR count). The second-order valence-electron chi connectivity index (χ2n) is 6.45. The summed E-state index contributed by atoms with van der Waals surface area (Å²) in [5.41, 5.74) is 3.02. The van der Waals surface area contributed by atoms with E-state index < -0.39 is 11.7 Å². The summed E-state index contributed by atoms with van der Waals surface area (Å²) in [7, 11) is 0. The van der Waals surface area contributed by atoms with E-state index in [1.165, 1.54) is 6.07 Å². The molecule has 1 amide bonds. The Labute approximate surface area is 161 Å². The second-order valence-corrected chi connectivity index (χ2v) is 6.45. The molecular weight excluding hydrogens is 357 g/mol. The van der Waals surface area contributed by atoms with Crippen molar-refractivity contribution in [1.29, 1.82) is 0 Å². The molecule has 6 heteroatoms. The standard InChI is InChI=1S/C22H18FN3O2/c1-15-8-9-19(23)20(11-15)25-22(27)16-5-4-6-18(12-16)28-14-17-13-26-10-3-2-7-21(26)24-17/h2-13H,14H2,1H3,(H,25,27). The van der Waals surface area contributed by atoms with Crippen molar-refractivity contribution in [1.82, 2.24) is 9.38 Å². The van der Waals surface area contributed by atoms with E-state index in [-0.39, 0.29) is 12.3 Å². The molecule has 0 aliphatic rings. The number of fused-ring (bicyclic) bond motifs is 1. The topological polar surface area (TPSA) is 55.6 Å². The van der Waals surface area contributed by atoms with Crippen LogP contribution in [0.1, 0.15) is 21.6 Å². The van der Waals surface area contributed by atoms with Gasteiger partial charge in [-0.15, -0.1) is 0 Å². The average molecular weight is 375 g/mol. The molecule has 0 spiro atoms. The highest BCUT2D eigenvalue weighted by Gasteiger charge is 2.11. The third kappa shape index (κ3) is 3.86. The number of benzene rings is 2. The fraction of sp³-hybridized carbons (Fsp3) is 0.0909. The van der Waals surface area contributed by atoms with Crippen LogP contribution >= 0.6 is 0 Å². The lowest BCUT2D eigenvalue weighted by atomic mass is 10.1. The molecule has 0 fully saturated rings. The summed E-state index contributed by atoms with van der Waals surface area (Å²) < 4.78 is 21.6. The first kappa shape index (κ1) is 17.7. The van der Waals surface area contributed by atoms with Crippen LogP contribution < -0.4 is 10.1 Å². The number of hydrogen-bond donors (Lipinski definition) is 1. The molecule has 4 aromatic rings. The third-order valence-electron chi connectivity index (χ3n) is 4.27. The third-order valence-corrected chi connectivity index (χ3v) is 4.27. The van der Waals surface area contributed by atoms with Crippen LogP contribution in [-0.2, 0) is 6.61 Å². The summed E-state index contributed by atoms with van der Waals surface area (Å²) in [6.07, 6.45) is 3.81. The average Bonchev–Trinajstić information content (AvgIpc) is 3.12. The molecule has 0 saturated heterocycles. The van der Waals surface area contributed by atoms with Gasteiger partial charge in [-0.25, -0.2) is 9.37 Å². The predicted octanol–water partition coefficient (Wildman–Crippen LogP) is 4.61. The molecule has 0 saturated carbocycles. The molecule has 2 heterocycles. The van der Waals surface area contributed by atoms with Gasteiger partial charge >= 0.3 is 0 Å². The van der Waals surface area contributed by atoms with Crippen LogP contribution in [0.4, 0.5) is 10.1 Å². The zero-order chi connectivity index (χ0) is 19.5. The number of carbonyl (C=O) groups excluding carboxylic acids is 1. The lowest BCUT2D eigenvalue weighted by Crippen LogP contribution is -2.13. The van der Waals surface area contributed by atoms with Gasteiger partial charge in [-0.3, -0.25) is 4.79 Å². The van der Waals surface area contributed by atoms with Crippen molar-refractivity contribution in [2.24, 2.45) is 0 Å². The second kappa shape index (κ2) is 7.52. The normalized spacial score (nSPS) is 10.8. The minimum absolute atomic E-state index is 0.154. The first-order valence-corrected chi connectivity index (χ1v) is 8.81. The van der Waals surface area contributed by atoms with Gasteiger partial charge in [0.15, 0.2) is 0 Å². The maximum Gasteiger partial charge on any atom is 0.255 e. The number of nitrogens with one attached hydrogen (secondary N) is 1. The van der Waals surface area contributed by atoms with E-state index >= 15 is 0 Å². The summed E-state index contributed by atoms with van der Waals surface area (Å²) in [5, 5.41) is 2.60. The predicted molar refractivity (Wildman–Crippen MR) is 105 cm³/mol. The molecule has 0 aliphatic heterocycles. The van der Waals surface area contributed by atoms with Crippen LogP contribution in [0.5, 0.6) is 5.75 Å². The number of carbonyl (C=O) groups is 1. The van der Waals surface area contributed by atoms with E-state index in [0.717, 1.165) is 16.9 Å². The molecule has 140 valence electrons. The number of aromatic nitrogens is 2. The van der Waals surface area contributed by atoms with Gasteiger partial charge in [-0.05, 0) is 55.0 Å². The van der Waals surface area contributed by atoms with Crippen molar-refractivity contribution < 1.29 is 13.9 Å². The van der Waals surface area contributed by atoms with Gasteiger partial charge < -0.3 is 14.5 Å². The Hall–Kier alpha value is -3.67. The molecule has 0 radical (unpaired) electrons. The Morgan fingerprint density at radius 1 is 1.14 bits per heavy atom. The lowest BCUT2D eigenvalue weighted by Gasteiger charge is -2.09. The minimum Gasteiger partial charge on any atom is -0.487 e. The van der Waals surface area contributed by atoms with Gasteiger partial charge in [0.1, 0.15) is 23.8 Å². The van der Waals surface area contributed by atoms with Crippen molar-refractivity contribution in [2.45, 2.75) is 13.5 Å². The number of hydrogen-bond acceptors (Lipinski definition) is 3. The van der Waals surface area contributed by atoms with Gasteiger partial charge in [-0.1, -0.05) is 18.2 Å². The van der Waals surface area contributed by atoms with E-state index in [1.54, 1.807) is 36.4 Å². The highest BCUT2D eigenvalue weighted by molar-refractivity contribution is 6.04. The summed E-state index contributed by atoms with van der Waals surface area (Å²) >= 11 is 0. The smallest absolute Gasteiger partial charge is 0.255 e. The zero-order valence-corrected chi connectivity index (χ0v) is 15.2. The monoisotopic (exact) mass is 375 g/mol. The number of amides is 1. The van der Waals surface area contributed by atoms with Crippen LogP contribution in [0.25, 0.3) is 5.65 Å². The molecule has 1 N–H and O–H groups in total. The first-order chi connectivity index (χ1) is 13.6. The Bertz CT molecular complexity index is 1120. The molecule has 2 aromatic carbocycles. The van der Waals surface area contributed by atoms with E-state index in [1.807, 2.05) is 41.9 Å².